The molecule has 1 aromatic carbocycles. The van der Waals surface area contributed by atoms with E-state index in [0.717, 1.165) is 55.6 Å². The van der Waals surface area contributed by atoms with Gasteiger partial charge in [-0.15, -0.1) is 0 Å². The van der Waals surface area contributed by atoms with E-state index in [1.165, 1.54) is 7.11 Å². The molecule has 1 saturated carbocycles. The summed E-state index contributed by atoms with van der Waals surface area (Å²) in [6.45, 7) is 2.27. The maximum absolute atomic E-state index is 12.0. The van der Waals surface area contributed by atoms with Crippen LogP contribution in [0.2, 0.25) is 0 Å². The van der Waals surface area contributed by atoms with Crippen molar-refractivity contribution in [3.63, 3.8) is 0 Å². The molecule has 8 nitrogen and oxygen atoms in total. The Balaban J connectivity index is 1.41. The highest BCUT2D eigenvalue weighted by Crippen LogP contribution is 2.51. The third kappa shape index (κ3) is 3.49. The smallest absolute Gasteiger partial charge is 0.319 e. The van der Waals surface area contributed by atoms with Crippen LogP contribution in [0.3, 0.4) is 0 Å². The summed E-state index contributed by atoms with van der Waals surface area (Å²) in [4.78, 5) is 20.3. The summed E-state index contributed by atoms with van der Waals surface area (Å²) in [5.74, 6) is 0.527. The lowest BCUT2D eigenvalue weighted by atomic mass is 9.63. The molecular weight excluding hydrogens is 394 g/mol. The summed E-state index contributed by atoms with van der Waals surface area (Å²) in [5.41, 5.74) is 2.42. The lowest BCUT2D eigenvalue weighted by Crippen LogP contribution is -2.58. The van der Waals surface area contributed by atoms with Gasteiger partial charge in [-0.1, -0.05) is 18.6 Å². The molecule has 162 valence electrons. The van der Waals surface area contributed by atoms with Crippen LogP contribution in [0.25, 0.3) is 11.0 Å². The Morgan fingerprint density at radius 1 is 1.00 bits per heavy atom. The number of aromatic nitrogens is 4. The minimum absolute atomic E-state index is 0.0688. The monoisotopic (exact) mass is 421 g/mol. The predicted octanol–water partition coefficient (Wildman–Crippen LogP) is 2.56. The van der Waals surface area contributed by atoms with Gasteiger partial charge in [0, 0.05) is 37.7 Å². The second-order valence-electron chi connectivity index (χ2n) is 8.47. The SMILES string of the molecule is COc1ncc(C2(O)C3CCCC2CN(Cc2cnc4ccccc4n2)C3)c(OC)n1. The number of aliphatic hydroxyl groups is 1. The second kappa shape index (κ2) is 8.01. The number of methoxy groups -OCH3 is 2. The zero-order valence-electron chi connectivity index (χ0n) is 17.9. The van der Waals surface area contributed by atoms with Gasteiger partial charge < -0.3 is 14.6 Å². The lowest BCUT2D eigenvalue weighted by molar-refractivity contribution is -0.150. The predicted molar refractivity (Wildman–Crippen MR) is 115 cm³/mol. The summed E-state index contributed by atoms with van der Waals surface area (Å²) in [7, 11) is 3.09. The first kappa shape index (κ1) is 20.1. The molecule has 1 aliphatic carbocycles. The highest BCUT2D eigenvalue weighted by molar-refractivity contribution is 5.73. The van der Waals surface area contributed by atoms with Gasteiger partial charge in [0.1, 0.15) is 5.60 Å². The summed E-state index contributed by atoms with van der Waals surface area (Å²) in [6.07, 6.45) is 6.53. The molecule has 2 unspecified atom stereocenters. The Morgan fingerprint density at radius 2 is 1.74 bits per heavy atom. The lowest BCUT2D eigenvalue weighted by Gasteiger charge is -2.53. The average Bonchev–Trinajstić information content (AvgIpc) is 2.79. The van der Waals surface area contributed by atoms with E-state index in [9.17, 15) is 5.11 Å². The first-order valence-corrected chi connectivity index (χ1v) is 10.7. The second-order valence-corrected chi connectivity index (χ2v) is 8.47. The van der Waals surface area contributed by atoms with Gasteiger partial charge in [0.15, 0.2) is 0 Å². The fourth-order valence-corrected chi connectivity index (χ4v) is 5.29. The largest absolute Gasteiger partial charge is 0.481 e. The zero-order chi connectivity index (χ0) is 21.4. The molecular formula is C23H27N5O3. The van der Waals surface area contributed by atoms with Crippen molar-refractivity contribution in [3.05, 3.63) is 47.9 Å². The molecule has 3 aromatic rings. The molecule has 31 heavy (non-hydrogen) atoms. The van der Waals surface area contributed by atoms with Gasteiger partial charge in [0.05, 0.1) is 42.7 Å². The van der Waals surface area contributed by atoms with Crippen molar-refractivity contribution >= 4 is 11.0 Å². The van der Waals surface area contributed by atoms with Crippen molar-refractivity contribution in [1.29, 1.82) is 0 Å². The molecule has 2 fully saturated rings. The average molecular weight is 422 g/mol. The normalized spacial score (nSPS) is 26.0. The van der Waals surface area contributed by atoms with Crippen LogP contribution in [0.1, 0.15) is 30.5 Å². The van der Waals surface area contributed by atoms with Gasteiger partial charge in [0.25, 0.3) is 0 Å². The van der Waals surface area contributed by atoms with Crippen LogP contribution >= 0.6 is 0 Å². The summed E-state index contributed by atoms with van der Waals surface area (Å²) in [5, 5.41) is 12.0. The summed E-state index contributed by atoms with van der Waals surface area (Å²) < 4.78 is 10.6. The number of rotatable bonds is 5. The molecule has 1 saturated heterocycles. The van der Waals surface area contributed by atoms with Gasteiger partial charge in [-0.3, -0.25) is 9.88 Å². The molecule has 8 heteroatoms. The first-order chi connectivity index (χ1) is 15.1. The number of likely N-dealkylation sites (tertiary alicyclic amines) is 1. The van der Waals surface area contributed by atoms with E-state index in [-0.39, 0.29) is 17.8 Å². The van der Waals surface area contributed by atoms with Gasteiger partial charge in [-0.25, -0.2) is 9.97 Å². The Hall–Kier alpha value is -2.84. The van der Waals surface area contributed by atoms with Gasteiger partial charge in [0.2, 0.25) is 5.88 Å². The number of para-hydroxylation sites is 2. The number of piperidine rings is 1. The van der Waals surface area contributed by atoms with E-state index in [1.54, 1.807) is 13.3 Å². The van der Waals surface area contributed by atoms with Crippen LogP contribution in [0.15, 0.2) is 36.7 Å². The van der Waals surface area contributed by atoms with Gasteiger partial charge >= 0.3 is 6.01 Å². The molecule has 0 amide bonds. The van der Waals surface area contributed by atoms with E-state index in [2.05, 4.69) is 19.9 Å². The highest BCUT2D eigenvalue weighted by atomic mass is 16.5. The fourth-order valence-electron chi connectivity index (χ4n) is 5.29. The molecule has 2 aromatic heterocycles. The number of benzene rings is 1. The van der Waals surface area contributed by atoms with Crippen LogP contribution in [-0.4, -0.2) is 57.3 Å². The maximum Gasteiger partial charge on any atom is 0.319 e. The molecule has 2 aliphatic rings. The number of hydrogen-bond acceptors (Lipinski definition) is 8. The van der Waals surface area contributed by atoms with Crippen LogP contribution in [0.4, 0.5) is 0 Å². The molecule has 0 spiro atoms. The quantitative estimate of drug-likeness (QED) is 0.672. The summed E-state index contributed by atoms with van der Waals surface area (Å²) >= 11 is 0. The van der Waals surface area contributed by atoms with Crippen molar-refractivity contribution in [2.75, 3.05) is 27.3 Å². The standard InChI is InChI=1S/C23H27N5O3/c1-30-21-18(11-25-22(27-21)31-2)23(29)15-6-5-7-16(23)13-28(12-15)14-17-10-24-19-8-3-4-9-20(19)26-17/h3-4,8-11,15-16,29H,5-7,12-14H2,1-2H3. The van der Waals surface area contributed by atoms with E-state index in [4.69, 9.17) is 14.5 Å². The third-order valence-corrected chi connectivity index (χ3v) is 6.73. The fraction of sp³-hybridized carbons (Fsp3) is 0.478. The Morgan fingerprint density at radius 3 is 2.45 bits per heavy atom. The molecule has 5 rings (SSSR count). The first-order valence-electron chi connectivity index (χ1n) is 10.7. The van der Waals surface area contributed by atoms with Crippen LogP contribution in [0.5, 0.6) is 11.9 Å². The van der Waals surface area contributed by atoms with Crippen molar-refractivity contribution in [3.8, 4) is 11.9 Å². The number of nitrogens with zero attached hydrogens (tertiary/aromatic N) is 5. The van der Waals surface area contributed by atoms with Crippen LogP contribution in [0, 0.1) is 11.8 Å². The Bertz CT molecular complexity index is 1080. The van der Waals surface area contributed by atoms with Crippen LogP contribution < -0.4 is 9.47 Å². The van der Waals surface area contributed by atoms with E-state index in [1.807, 2.05) is 30.5 Å². The van der Waals surface area contributed by atoms with Crippen molar-refractivity contribution in [2.45, 2.75) is 31.4 Å². The molecule has 3 heterocycles. The maximum atomic E-state index is 12.0. The zero-order valence-corrected chi connectivity index (χ0v) is 17.9. The summed E-state index contributed by atoms with van der Waals surface area (Å²) in [6, 6.07) is 8.16. The molecule has 2 bridgehead atoms. The minimum atomic E-state index is -1.01. The van der Waals surface area contributed by atoms with Gasteiger partial charge in [-0.2, -0.15) is 4.98 Å². The Labute approximate surface area is 181 Å². The topological polar surface area (TPSA) is 93.5 Å². The number of hydrogen-bond donors (Lipinski definition) is 1. The molecule has 1 N–H and O–H groups in total. The van der Waals surface area contributed by atoms with Gasteiger partial charge in [-0.05, 0) is 25.0 Å². The molecule has 1 aliphatic heterocycles. The third-order valence-electron chi connectivity index (χ3n) is 6.73. The van der Waals surface area contributed by atoms with Crippen molar-refractivity contribution < 1.29 is 14.6 Å². The van der Waals surface area contributed by atoms with E-state index >= 15 is 0 Å². The number of fused-ring (bicyclic) bond motifs is 3. The molecule has 0 radical (unpaired) electrons. The minimum Gasteiger partial charge on any atom is -0.481 e. The van der Waals surface area contributed by atoms with E-state index < -0.39 is 5.60 Å². The van der Waals surface area contributed by atoms with Crippen LogP contribution in [-0.2, 0) is 12.1 Å². The Kier molecular flexibility index (Phi) is 5.19. The number of ether oxygens (including phenoxy) is 2. The highest BCUT2D eigenvalue weighted by Gasteiger charge is 2.53. The van der Waals surface area contributed by atoms with E-state index in [0.29, 0.717) is 11.4 Å². The van der Waals surface area contributed by atoms with Crippen molar-refractivity contribution in [1.82, 2.24) is 24.8 Å². The van der Waals surface area contributed by atoms with Crippen molar-refractivity contribution in [2.24, 2.45) is 11.8 Å². The molecule has 2 atom stereocenters.